The maximum atomic E-state index is 11.6. The van der Waals surface area contributed by atoms with Gasteiger partial charge in [-0.1, -0.05) is 18.2 Å². The van der Waals surface area contributed by atoms with Gasteiger partial charge < -0.3 is 10.5 Å². The lowest BCUT2D eigenvalue weighted by Gasteiger charge is -2.21. The summed E-state index contributed by atoms with van der Waals surface area (Å²) in [6.45, 7) is 5.82. The first kappa shape index (κ1) is 16.9. The lowest BCUT2D eigenvalue weighted by Crippen LogP contribution is -2.46. The van der Waals surface area contributed by atoms with E-state index in [1.165, 1.54) is 0 Å². The molecule has 0 saturated heterocycles. The molecule has 1 unspecified atom stereocenters. The Morgan fingerprint density at radius 3 is 2.90 bits per heavy atom. The van der Waals surface area contributed by atoms with Crippen LogP contribution in [-0.2, 0) is 9.53 Å². The van der Waals surface area contributed by atoms with Gasteiger partial charge in [-0.15, -0.1) is 0 Å². The molecule has 0 aliphatic heterocycles. The summed E-state index contributed by atoms with van der Waals surface area (Å²) in [6, 6.07) is 1.88. The zero-order valence-corrected chi connectivity index (χ0v) is 13.2. The largest absolute Gasteiger partial charge is 0.465 e. The Kier molecular flexibility index (Phi) is 6.95. The minimum Gasteiger partial charge on any atom is -0.465 e. The number of esters is 1. The van der Waals surface area contributed by atoms with Crippen molar-refractivity contribution in [2.24, 2.45) is 5.73 Å². The Balaban J connectivity index is 2.23. The maximum Gasteiger partial charge on any atom is 0.325 e. The van der Waals surface area contributed by atoms with Crippen molar-refractivity contribution in [3.8, 4) is 0 Å². The molecular formula is C14H23N3O2S. The minimum atomic E-state index is -0.888. The molecule has 0 bridgehead atoms. The molecule has 0 radical (unpaired) electrons. The molecule has 0 saturated carbocycles. The molecule has 0 aliphatic rings. The predicted octanol–water partition coefficient (Wildman–Crippen LogP) is 2.33. The molecule has 0 aliphatic carbocycles. The van der Waals surface area contributed by atoms with E-state index in [9.17, 15) is 4.79 Å². The third-order valence-electron chi connectivity index (χ3n) is 2.84. The number of hydrogen-bond acceptors (Lipinski definition) is 6. The Bertz CT molecular complexity index is 438. The van der Waals surface area contributed by atoms with Gasteiger partial charge in [-0.05, 0) is 39.7 Å². The second-order valence-electron chi connectivity index (χ2n) is 4.92. The van der Waals surface area contributed by atoms with E-state index >= 15 is 0 Å². The third kappa shape index (κ3) is 5.88. The summed E-state index contributed by atoms with van der Waals surface area (Å²) < 4.78 is 4.96. The molecule has 1 heterocycles. The van der Waals surface area contributed by atoms with Crippen molar-refractivity contribution < 1.29 is 9.53 Å². The molecular weight excluding hydrogens is 274 g/mol. The normalized spacial score (nSPS) is 13.8. The third-order valence-corrected chi connectivity index (χ3v) is 3.78. The van der Waals surface area contributed by atoms with Crippen LogP contribution in [0, 0.1) is 6.92 Å². The van der Waals surface area contributed by atoms with Crippen LogP contribution in [0.5, 0.6) is 0 Å². The zero-order chi connectivity index (χ0) is 15.0. The van der Waals surface area contributed by atoms with E-state index in [-0.39, 0.29) is 5.97 Å². The van der Waals surface area contributed by atoms with Gasteiger partial charge in [0.15, 0.2) is 5.16 Å². The van der Waals surface area contributed by atoms with Crippen molar-refractivity contribution in [2.45, 2.75) is 50.7 Å². The van der Waals surface area contributed by atoms with Gasteiger partial charge >= 0.3 is 5.97 Å². The lowest BCUT2D eigenvalue weighted by atomic mass is 9.96. The summed E-state index contributed by atoms with van der Waals surface area (Å²) in [4.78, 5) is 20.1. The average molecular weight is 297 g/mol. The molecule has 0 spiro atoms. The van der Waals surface area contributed by atoms with Crippen LogP contribution in [0.1, 0.15) is 38.8 Å². The number of hydrogen-bond donors (Lipinski definition) is 1. The van der Waals surface area contributed by atoms with E-state index in [0.29, 0.717) is 13.0 Å². The smallest absolute Gasteiger partial charge is 0.325 e. The number of nitrogens with two attached hydrogens (primary N) is 1. The Morgan fingerprint density at radius 2 is 2.25 bits per heavy atom. The number of thioether (sulfide) groups is 1. The van der Waals surface area contributed by atoms with Crippen molar-refractivity contribution in [2.75, 3.05) is 12.4 Å². The van der Waals surface area contributed by atoms with Crippen molar-refractivity contribution in [3.63, 3.8) is 0 Å². The summed E-state index contributed by atoms with van der Waals surface area (Å²) in [7, 11) is 0. The zero-order valence-electron chi connectivity index (χ0n) is 12.4. The molecule has 6 heteroatoms. The van der Waals surface area contributed by atoms with E-state index in [4.69, 9.17) is 10.5 Å². The molecule has 1 rings (SSSR count). The van der Waals surface area contributed by atoms with Gasteiger partial charge in [-0.3, -0.25) is 4.79 Å². The highest BCUT2D eigenvalue weighted by Crippen LogP contribution is 2.18. The van der Waals surface area contributed by atoms with Crippen LogP contribution >= 0.6 is 11.8 Å². The number of aromatic nitrogens is 2. The highest BCUT2D eigenvalue weighted by atomic mass is 32.2. The molecule has 1 atom stereocenters. The van der Waals surface area contributed by atoms with Crippen molar-refractivity contribution in [1.82, 2.24) is 9.97 Å². The van der Waals surface area contributed by atoms with Gasteiger partial charge in [0.05, 0.1) is 6.61 Å². The van der Waals surface area contributed by atoms with Crippen LogP contribution in [0.4, 0.5) is 0 Å². The van der Waals surface area contributed by atoms with E-state index in [1.54, 1.807) is 31.8 Å². The Labute approximate surface area is 124 Å². The number of carbonyl (C=O) groups excluding carboxylic acids is 1. The van der Waals surface area contributed by atoms with Gasteiger partial charge in [0, 0.05) is 17.6 Å². The first-order valence-electron chi connectivity index (χ1n) is 6.84. The van der Waals surface area contributed by atoms with Crippen LogP contribution in [0.15, 0.2) is 17.4 Å². The molecule has 0 amide bonds. The summed E-state index contributed by atoms with van der Waals surface area (Å²) in [6.07, 6.45) is 4.24. The molecule has 20 heavy (non-hydrogen) atoms. The second kappa shape index (κ2) is 8.21. The van der Waals surface area contributed by atoms with Crippen LogP contribution in [0.2, 0.25) is 0 Å². The van der Waals surface area contributed by atoms with E-state index < -0.39 is 5.54 Å². The first-order chi connectivity index (χ1) is 9.45. The van der Waals surface area contributed by atoms with E-state index in [1.807, 2.05) is 13.0 Å². The van der Waals surface area contributed by atoms with Gasteiger partial charge in [0.1, 0.15) is 5.54 Å². The standard InChI is InChI=1S/C14H23N3O2S/c1-4-19-12(18)14(3,15)8-5-6-10-20-13-16-9-7-11(2)17-13/h7,9H,4-6,8,10,15H2,1-3H3. The van der Waals surface area contributed by atoms with Crippen LogP contribution in [0.3, 0.4) is 0 Å². The van der Waals surface area contributed by atoms with Gasteiger partial charge in [0.25, 0.3) is 0 Å². The number of ether oxygens (including phenoxy) is 1. The molecule has 0 fully saturated rings. The lowest BCUT2D eigenvalue weighted by molar-refractivity contribution is -0.149. The molecule has 112 valence electrons. The van der Waals surface area contributed by atoms with Crippen molar-refractivity contribution in [1.29, 1.82) is 0 Å². The second-order valence-corrected chi connectivity index (χ2v) is 5.99. The monoisotopic (exact) mass is 297 g/mol. The number of rotatable bonds is 8. The number of carbonyl (C=O) groups is 1. The average Bonchev–Trinajstić information content (AvgIpc) is 2.38. The Hall–Kier alpha value is -1.14. The fourth-order valence-electron chi connectivity index (χ4n) is 1.65. The highest BCUT2D eigenvalue weighted by Gasteiger charge is 2.28. The van der Waals surface area contributed by atoms with Gasteiger partial charge in [0.2, 0.25) is 0 Å². The quantitative estimate of drug-likeness (QED) is 0.343. The fourth-order valence-corrected chi connectivity index (χ4v) is 2.53. The summed E-state index contributed by atoms with van der Waals surface area (Å²) in [5.74, 6) is 0.595. The van der Waals surface area contributed by atoms with Gasteiger partial charge in [-0.2, -0.15) is 0 Å². The van der Waals surface area contributed by atoms with E-state index in [0.717, 1.165) is 29.4 Å². The summed E-state index contributed by atoms with van der Waals surface area (Å²) in [5, 5.41) is 0.797. The minimum absolute atomic E-state index is 0.324. The Morgan fingerprint density at radius 1 is 1.50 bits per heavy atom. The van der Waals surface area contributed by atoms with Crippen molar-refractivity contribution in [3.05, 3.63) is 18.0 Å². The highest BCUT2D eigenvalue weighted by molar-refractivity contribution is 7.99. The number of unbranched alkanes of at least 4 members (excludes halogenated alkanes) is 1. The van der Waals surface area contributed by atoms with Crippen LogP contribution in [0.25, 0.3) is 0 Å². The first-order valence-corrected chi connectivity index (χ1v) is 7.83. The van der Waals surface area contributed by atoms with Gasteiger partial charge in [-0.25, -0.2) is 9.97 Å². The van der Waals surface area contributed by atoms with Crippen molar-refractivity contribution >= 4 is 17.7 Å². The fraction of sp³-hybridized carbons (Fsp3) is 0.643. The summed E-state index contributed by atoms with van der Waals surface area (Å²) >= 11 is 1.62. The molecule has 0 aromatic carbocycles. The summed E-state index contributed by atoms with van der Waals surface area (Å²) in [5.41, 5.74) is 6.04. The van der Waals surface area contributed by atoms with Crippen LogP contribution in [-0.4, -0.2) is 33.8 Å². The number of aryl methyl sites for hydroxylation is 1. The molecule has 1 aromatic rings. The SMILES string of the molecule is CCOC(=O)C(C)(N)CCCCSc1nccc(C)n1. The van der Waals surface area contributed by atoms with E-state index in [2.05, 4.69) is 9.97 Å². The number of nitrogens with zero attached hydrogens (tertiary/aromatic N) is 2. The molecule has 2 N–H and O–H groups in total. The topological polar surface area (TPSA) is 78.1 Å². The molecule has 1 aromatic heterocycles. The predicted molar refractivity (Wildman–Crippen MR) is 80.6 cm³/mol. The van der Waals surface area contributed by atoms with Crippen LogP contribution < -0.4 is 5.73 Å². The maximum absolute atomic E-state index is 11.6. The molecule has 5 nitrogen and oxygen atoms in total.